The number of hydrogen-bond acceptors (Lipinski definition) is 2. The van der Waals surface area contributed by atoms with Crippen molar-refractivity contribution in [2.75, 3.05) is 0 Å². The molecule has 3 nitrogen and oxygen atoms in total. The number of fused-ring (bicyclic) bond motifs is 1. The molecule has 3 heteroatoms. The molecule has 0 bridgehead atoms. The third kappa shape index (κ3) is 1.21. The highest BCUT2D eigenvalue weighted by Crippen LogP contribution is 2.21. The van der Waals surface area contributed by atoms with Crippen LogP contribution in [0.2, 0.25) is 0 Å². The van der Waals surface area contributed by atoms with Gasteiger partial charge in [-0.25, -0.2) is 0 Å². The largest absolute Gasteiger partial charge is 0.323 e. The molecule has 1 aromatic carbocycles. The molecule has 0 aliphatic carbocycles. The highest BCUT2D eigenvalue weighted by molar-refractivity contribution is 5.82. The first-order valence-electron chi connectivity index (χ1n) is 4.37. The SMILES string of the molecule is CC(N)c1nn(C)c2ccccc12. The van der Waals surface area contributed by atoms with Crippen molar-refractivity contribution in [2.24, 2.45) is 12.8 Å². The number of rotatable bonds is 1. The summed E-state index contributed by atoms with van der Waals surface area (Å²) in [5.74, 6) is 0. The average Bonchev–Trinajstić information content (AvgIpc) is 2.45. The van der Waals surface area contributed by atoms with Gasteiger partial charge in [0.25, 0.3) is 0 Å². The van der Waals surface area contributed by atoms with E-state index in [4.69, 9.17) is 5.73 Å². The molecule has 68 valence electrons. The zero-order valence-electron chi connectivity index (χ0n) is 7.86. The Kier molecular flexibility index (Phi) is 1.81. The van der Waals surface area contributed by atoms with E-state index in [1.54, 1.807) is 0 Å². The minimum atomic E-state index is -0.00824. The van der Waals surface area contributed by atoms with Crippen LogP contribution in [0, 0.1) is 0 Å². The minimum absolute atomic E-state index is 0.00824. The van der Waals surface area contributed by atoms with Gasteiger partial charge in [-0.05, 0) is 13.0 Å². The molecule has 13 heavy (non-hydrogen) atoms. The van der Waals surface area contributed by atoms with Gasteiger partial charge in [0.2, 0.25) is 0 Å². The molecule has 2 aromatic rings. The van der Waals surface area contributed by atoms with Gasteiger partial charge in [0.1, 0.15) is 0 Å². The van der Waals surface area contributed by atoms with Crippen LogP contribution in [0.3, 0.4) is 0 Å². The molecule has 0 aliphatic rings. The van der Waals surface area contributed by atoms with E-state index < -0.39 is 0 Å². The van der Waals surface area contributed by atoms with Gasteiger partial charge in [0.05, 0.1) is 11.2 Å². The molecule has 0 saturated carbocycles. The second-order valence-corrected chi connectivity index (χ2v) is 3.31. The molecule has 0 aliphatic heterocycles. The molecule has 0 spiro atoms. The van der Waals surface area contributed by atoms with Gasteiger partial charge < -0.3 is 5.73 Å². The average molecular weight is 175 g/mol. The van der Waals surface area contributed by atoms with Crippen LogP contribution in [0.1, 0.15) is 18.7 Å². The van der Waals surface area contributed by atoms with Gasteiger partial charge in [0, 0.05) is 18.5 Å². The molecule has 0 fully saturated rings. The summed E-state index contributed by atoms with van der Waals surface area (Å²) in [6.07, 6.45) is 0. The first kappa shape index (κ1) is 8.26. The predicted molar refractivity (Wildman–Crippen MR) is 53.3 cm³/mol. The lowest BCUT2D eigenvalue weighted by atomic mass is 10.1. The second kappa shape index (κ2) is 2.85. The van der Waals surface area contributed by atoms with Crippen LogP contribution in [0.5, 0.6) is 0 Å². The van der Waals surface area contributed by atoms with Crippen molar-refractivity contribution in [3.63, 3.8) is 0 Å². The van der Waals surface area contributed by atoms with E-state index in [1.807, 2.05) is 36.9 Å². The maximum atomic E-state index is 5.82. The monoisotopic (exact) mass is 175 g/mol. The second-order valence-electron chi connectivity index (χ2n) is 3.31. The predicted octanol–water partition coefficient (Wildman–Crippen LogP) is 1.59. The Morgan fingerprint density at radius 2 is 2.08 bits per heavy atom. The van der Waals surface area contributed by atoms with E-state index >= 15 is 0 Å². The summed E-state index contributed by atoms with van der Waals surface area (Å²) in [4.78, 5) is 0. The molecule has 2 rings (SSSR count). The number of aryl methyl sites for hydroxylation is 1. The number of nitrogens with zero attached hydrogens (tertiary/aromatic N) is 2. The summed E-state index contributed by atoms with van der Waals surface area (Å²) in [6.45, 7) is 1.95. The lowest BCUT2D eigenvalue weighted by Gasteiger charge is -1.99. The smallest absolute Gasteiger partial charge is 0.0867 e. The van der Waals surface area contributed by atoms with Gasteiger partial charge in [-0.1, -0.05) is 18.2 Å². The molecule has 1 heterocycles. The van der Waals surface area contributed by atoms with Crippen LogP contribution in [0.15, 0.2) is 24.3 Å². The number of hydrogen-bond donors (Lipinski definition) is 1. The van der Waals surface area contributed by atoms with Crippen molar-refractivity contribution in [2.45, 2.75) is 13.0 Å². The molecular weight excluding hydrogens is 162 g/mol. The van der Waals surface area contributed by atoms with E-state index in [0.717, 1.165) is 16.6 Å². The van der Waals surface area contributed by atoms with Gasteiger partial charge in [0.15, 0.2) is 0 Å². The Balaban J connectivity index is 2.78. The molecule has 0 saturated heterocycles. The van der Waals surface area contributed by atoms with Crippen LogP contribution in [0.4, 0.5) is 0 Å². The van der Waals surface area contributed by atoms with E-state index in [-0.39, 0.29) is 6.04 Å². The van der Waals surface area contributed by atoms with Crippen LogP contribution < -0.4 is 5.73 Å². The lowest BCUT2D eigenvalue weighted by Crippen LogP contribution is -2.06. The van der Waals surface area contributed by atoms with Crippen molar-refractivity contribution in [3.8, 4) is 0 Å². The quantitative estimate of drug-likeness (QED) is 0.715. The fourth-order valence-electron chi connectivity index (χ4n) is 1.58. The van der Waals surface area contributed by atoms with Crippen molar-refractivity contribution >= 4 is 10.9 Å². The van der Waals surface area contributed by atoms with Gasteiger partial charge in [-0.2, -0.15) is 5.10 Å². The molecular formula is C10H13N3. The van der Waals surface area contributed by atoms with Crippen LogP contribution >= 0.6 is 0 Å². The molecule has 0 amide bonds. The summed E-state index contributed by atoms with van der Waals surface area (Å²) in [7, 11) is 1.94. The number of benzene rings is 1. The first-order chi connectivity index (χ1) is 6.20. The summed E-state index contributed by atoms with van der Waals surface area (Å²) < 4.78 is 1.87. The highest BCUT2D eigenvalue weighted by atomic mass is 15.3. The highest BCUT2D eigenvalue weighted by Gasteiger charge is 2.10. The lowest BCUT2D eigenvalue weighted by molar-refractivity contribution is 0.712. The number of aromatic nitrogens is 2. The standard InChI is InChI=1S/C10H13N3/c1-7(11)10-8-5-3-4-6-9(8)13(2)12-10/h3-7H,11H2,1-2H3. The van der Waals surface area contributed by atoms with E-state index in [2.05, 4.69) is 11.2 Å². The van der Waals surface area contributed by atoms with Gasteiger partial charge >= 0.3 is 0 Å². The fourth-order valence-corrected chi connectivity index (χ4v) is 1.58. The maximum absolute atomic E-state index is 5.82. The van der Waals surface area contributed by atoms with Gasteiger partial charge in [-0.3, -0.25) is 4.68 Å². The van der Waals surface area contributed by atoms with Crippen LogP contribution in [-0.4, -0.2) is 9.78 Å². The molecule has 2 N–H and O–H groups in total. The third-order valence-corrected chi connectivity index (χ3v) is 2.22. The number of nitrogens with two attached hydrogens (primary N) is 1. The minimum Gasteiger partial charge on any atom is -0.323 e. The van der Waals surface area contributed by atoms with Crippen molar-refractivity contribution in [1.82, 2.24) is 9.78 Å². The normalized spacial score (nSPS) is 13.5. The Hall–Kier alpha value is -1.35. The molecule has 1 unspecified atom stereocenters. The summed E-state index contributed by atoms with van der Waals surface area (Å²) in [6, 6.07) is 8.12. The Labute approximate surface area is 77.2 Å². The van der Waals surface area contributed by atoms with Crippen LogP contribution in [-0.2, 0) is 7.05 Å². The summed E-state index contributed by atoms with van der Waals surface area (Å²) in [5, 5.41) is 5.53. The topological polar surface area (TPSA) is 43.8 Å². The van der Waals surface area contributed by atoms with Crippen LogP contribution in [0.25, 0.3) is 10.9 Å². The van der Waals surface area contributed by atoms with E-state index in [0.29, 0.717) is 0 Å². The Morgan fingerprint density at radius 3 is 2.77 bits per heavy atom. The summed E-state index contributed by atoms with van der Waals surface area (Å²) >= 11 is 0. The zero-order valence-corrected chi connectivity index (χ0v) is 7.86. The molecule has 1 atom stereocenters. The van der Waals surface area contributed by atoms with Gasteiger partial charge in [-0.15, -0.1) is 0 Å². The van der Waals surface area contributed by atoms with Crippen molar-refractivity contribution < 1.29 is 0 Å². The van der Waals surface area contributed by atoms with Crippen molar-refractivity contribution in [1.29, 1.82) is 0 Å². The Morgan fingerprint density at radius 1 is 1.38 bits per heavy atom. The molecule has 1 aromatic heterocycles. The van der Waals surface area contributed by atoms with Crippen molar-refractivity contribution in [3.05, 3.63) is 30.0 Å². The summed E-state index contributed by atoms with van der Waals surface area (Å²) in [5.41, 5.74) is 7.92. The Bertz CT molecular complexity index is 429. The third-order valence-electron chi connectivity index (χ3n) is 2.22. The van der Waals surface area contributed by atoms with E-state index in [1.165, 1.54) is 0 Å². The zero-order chi connectivity index (χ0) is 9.42. The molecule has 0 radical (unpaired) electrons. The fraction of sp³-hybridized carbons (Fsp3) is 0.300. The maximum Gasteiger partial charge on any atom is 0.0867 e. The first-order valence-corrected chi connectivity index (χ1v) is 4.37. The van der Waals surface area contributed by atoms with E-state index in [9.17, 15) is 0 Å². The number of para-hydroxylation sites is 1.